The lowest BCUT2D eigenvalue weighted by atomic mass is 10.2. The molecule has 0 bridgehead atoms. The maximum Gasteiger partial charge on any atom is 0.0834 e. The average molecular weight is 190 g/mol. The zero-order chi connectivity index (χ0) is 9.14. The molecule has 0 fully saturated rings. The van der Waals surface area contributed by atoms with Crippen LogP contribution in [0.2, 0.25) is 5.02 Å². The molecule has 0 spiro atoms. The Morgan fingerprint density at radius 1 is 1.83 bits per heavy atom. The number of aromatic nitrogens is 2. The van der Waals surface area contributed by atoms with Crippen LogP contribution in [0.1, 0.15) is 11.7 Å². The van der Waals surface area contributed by atoms with E-state index in [1.807, 2.05) is 0 Å². The van der Waals surface area contributed by atoms with Gasteiger partial charge in [0.05, 0.1) is 29.6 Å². The minimum absolute atomic E-state index is 0.213. The Morgan fingerprint density at radius 2 is 2.50 bits per heavy atom. The van der Waals surface area contributed by atoms with Crippen molar-refractivity contribution in [2.24, 2.45) is 12.8 Å². The molecule has 0 aliphatic heterocycles. The Balaban J connectivity index is 2.85. The maximum absolute atomic E-state index is 5.86. The van der Waals surface area contributed by atoms with E-state index in [1.165, 1.54) is 0 Å². The highest BCUT2D eigenvalue weighted by atomic mass is 35.5. The first-order chi connectivity index (χ1) is 5.66. The van der Waals surface area contributed by atoms with Crippen molar-refractivity contribution in [3.8, 4) is 0 Å². The number of nitrogens with zero attached hydrogens (tertiary/aromatic N) is 2. The summed E-state index contributed by atoms with van der Waals surface area (Å²) >= 11 is 5.86. The fourth-order valence-corrected chi connectivity index (χ4v) is 1.40. The quantitative estimate of drug-likeness (QED) is 0.763. The predicted octanol–water partition coefficient (Wildman–Crippen LogP) is 0.720. The van der Waals surface area contributed by atoms with Gasteiger partial charge in [-0.2, -0.15) is 5.10 Å². The van der Waals surface area contributed by atoms with Gasteiger partial charge in [-0.05, 0) is 0 Å². The van der Waals surface area contributed by atoms with Crippen molar-refractivity contribution in [1.29, 1.82) is 0 Å². The van der Waals surface area contributed by atoms with Crippen LogP contribution in [0.25, 0.3) is 0 Å². The lowest BCUT2D eigenvalue weighted by Crippen LogP contribution is -2.19. The van der Waals surface area contributed by atoms with Gasteiger partial charge in [-0.15, -0.1) is 0 Å². The molecule has 0 saturated carbocycles. The first kappa shape index (κ1) is 9.51. The van der Waals surface area contributed by atoms with Crippen molar-refractivity contribution in [3.63, 3.8) is 0 Å². The summed E-state index contributed by atoms with van der Waals surface area (Å²) in [5.41, 5.74) is 6.59. The largest absolute Gasteiger partial charge is 0.383 e. The molecule has 1 aromatic rings. The monoisotopic (exact) mass is 189 g/mol. The highest BCUT2D eigenvalue weighted by molar-refractivity contribution is 6.31. The Hall–Kier alpha value is -0.580. The molecule has 4 nitrogen and oxygen atoms in total. The molecule has 0 aromatic carbocycles. The minimum atomic E-state index is -0.213. The van der Waals surface area contributed by atoms with Crippen molar-refractivity contribution in [3.05, 3.63) is 16.9 Å². The van der Waals surface area contributed by atoms with Crippen LogP contribution < -0.4 is 5.73 Å². The van der Waals surface area contributed by atoms with Crippen LogP contribution in [0.15, 0.2) is 6.20 Å². The van der Waals surface area contributed by atoms with Crippen LogP contribution >= 0.6 is 11.6 Å². The Kier molecular flexibility index (Phi) is 3.08. The molecule has 1 unspecified atom stereocenters. The number of hydrogen-bond donors (Lipinski definition) is 1. The third kappa shape index (κ3) is 1.77. The fourth-order valence-electron chi connectivity index (χ4n) is 1.10. The van der Waals surface area contributed by atoms with E-state index in [-0.39, 0.29) is 6.04 Å². The molecule has 0 saturated heterocycles. The number of hydrogen-bond acceptors (Lipinski definition) is 3. The maximum atomic E-state index is 5.86. The summed E-state index contributed by atoms with van der Waals surface area (Å²) in [5.74, 6) is 0. The van der Waals surface area contributed by atoms with Gasteiger partial charge in [0, 0.05) is 14.2 Å². The van der Waals surface area contributed by atoms with E-state index in [9.17, 15) is 0 Å². The molecule has 0 radical (unpaired) electrons. The highest BCUT2D eigenvalue weighted by Crippen LogP contribution is 2.19. The van der Waals surface area contributed by atoms with Gasteiger partial charge in [-0.1, -0.05) is 11.6 Å². The summed E-state index contributed by atoms with van der Waals surface area (Å²) in [6.07, 6.45) is 1.58. The smallest absolute Gasteiger partial charge is 0.0834 e. The third-order valence-corrected chi connectivity index (χ3v) is 1.93. The van der Waals surface area contributed by atoms with E-state index in [0.717, 1.165) is 5.69 Å². The molecule has 5 heteroatoms. The first-order valence-corrected chi connectivity index (χ1v) is 3.96. The van der Waals surface area contributed by atoms with Crippen LogP contribution in [-0.2, 0) is 11.8 Å². The molecule has 2 N–H and O–H groups in total. The summed E-state index contributed by atoms with van der Waals surface area (Å²) in [7, 11) is 3.40. The van der Waals surface area contributed by atoms with Crippen molar-refractivity contribution in [2.75, 3.05) is 13.7 Å². The predicted molar refractivity (Wildman–Crippen MR) is 47.0 cm³/mol. The molecule has 1 atom stereocenters. The average Bonchev–Trinajstić information content (AvgIpc) is 2.32. The van der Waals surface area contributed by atoms with Gasteiger partial charge >= 0.3 is 0 Å². The van der Waals surface area contributed by atoms with Crippen molar-refractivity contribution >= 4 is 11.6 Å². The summed E-state index contributed by atoms with van der Waals surface area (Å²) in [5, 5.41) is 4.55. The molecule has 12 heavy (non-hydrogen) atoms. The van der Waals surface area contributed by atoms with Crippen LogP contribution in [0, 0.1) is 0 Å². The fraction of sp³-hybridized carbons (Fsp3) is 0.571. The van der Waals surface area contributed by atoms with Gasteiger partial charge in [0.1, 0.15) is 0 Å². The van der Waals surface area contributed by atoms with E-state index >= 15 is 0 Å². The number of methoxy groups -OCH3 is 1. The van der Waals surface area contributed by atoms with Crippen molar-refractivity contribution in [2.45, 2.75) is 6.04 Å². The second-order valence-electron chi connectivity index (χ2n) is 2.56. The summed E-state index contributed by atoms with van der Waals surface area (Å²) < 4.78 is 6.57. The number of rotatable bonds is 3. The lowest BCUT2D eigenvalue weighted by Gasteiger charge is -2.10. The molecule has 68 valence electrons. The van der Waals surface area contributed by atoms with Gasteiger partial charge in [-0.3, -0.25) is 4.68 Å². The zero-order valence-electron chi connectivity index (χ0n) is 7.12. The zero-order valence-corrected chi connectivity index (χ0v) is 7.88. The van der Waals surface area contributed by atoms with Crippen LogP contribution in [0.4, 0.5) is 0 Å². The van der Waals surface area contributed by atoms with Crippen molar-refractivity contribution < 1.29 is 4.74 Å². The standard InChI is InChI=1S/C7H12ClN3O/c1-11-7(5(8)3-10-11)6(9)4-12-2/h3,6H,4,9H2,1-2H3. The number of nitrogens with two attached hydrogens (primary N) is 1. The highest BCUT2D eigenvalue weighted by Gasteiger charge is 2.14. The van der Waals surface area contributed by atoms with Gasteiger partial charge in [-0.25, -0.2) is 0 Å². The van der Waals surface area contributed by atoms with Crippen LogP contribution in [-0.4, -0.2) is 23.5 Å². The Morgan fingerprint density at radius 3 is 2.92 bits per heavy atom. The van der Waals surface area contributed by atoms with E-state index in [2.05, 4.69) is 5.10 Å². The van der Waals surface area contributed by atoms with Gasteiger partial charge in [0.25, 0.3) is 0 Å². The molecule has 0 aliphatic carbocycles. The minimum Gasteiger partial charge on any atom is -0.383 e. The van der Waals surface area contributed by atoms with E-state index in [4.69, 9.17) is 22.1 Å². The Bertz CT molecular complexity index is 242. The van der Waals surface area contributed by atoms with E-state index in [0.29, 0.717) is 11.6 Å². The van der Waals surface area contributed by atoms with Gasteiger partial charge in [0.15, 0.2) is 0 Å². The topological polar surface area (TPSA) is 53.1 Å². The van der Waals surface area contributed by atoms with Gasteiger partial charge in [0.2, 0.25) is 0 Å². The molecular formula is C7H12ClN3O. The molecule has 0 amide bonds. The number of ether oxygens (including phenoxy) is 1. The molecule has 1 aromatic heterocycles. The van der Waals surface area contributed by atoms with E-state index in [1.54, 1.807) is 25.0 Å². The second-order valence-corrected chi connectivity index (χ2v) is 2.97. The third-order valence-electron chi connectivity index (χ3n) is 1.64. The second kappa shape index (κ2) is 3.89. The van der Waals surface area contributed by atoms with Crippen molar-refractivity contribution in [1.82, 2.24) is 9.78 Å². The molecule has 1 heterocycles. The van der Waals surface area contributed by atoms with E-state index < -0.39 is 0 Å². The molecule has 1 rings (SSSR count). The normalized spacial score (nSPS) is 13.3. The summed E-state index contributed by atoms with van der Waals surface area (Å²) in [6.45, 7) is 0.444. The first-order valence-electron chi connectivity index (χ1n) is 3.58. The SMILES string of the molecule is COCC(N)c1c(Cl)cnn1C. The van der Waals surface area contributed by atoms with Crippen LogP contribution in [0.3, 0.4) is 0 Å². The lowest BCUT2D eigenvalue weighted by molar-refractivity contribution is 0.178. The molecule has 0 aliphatic rings. The number of aryl methyl sites for hydroxylation is 1. The summed E-state index contributed by atoms with van der Waals surface area (Å²) in [6, 6.07) is -0.213. The molecular weight excluding hydrogens is 178 g/mol. The summed E-state index contributed by atoms with van der Waals surface area (Å²) in [4.78, 5) is 0. The number of halogens is 1. The van der Waals surface area contributed by atoms with Crippen LogP contribution in [0.5, 0.6) is 0 Å². The Labute approximate surface area is 76.3 Å². The van der Waals surface area contributed by atoms with Gasteiger partial charge < -0.3 is 10.5 Å².